The molecule has 1 saturated heterocycles. The van der Waals surface area contributed by atoms with Crippen molar-refractivity contribution in [3.63, 3.8) is 0 Å². The molecule has 0 unspecified atom stereocenters. The molecular weight excluding hydrogens is 358 g/mol. The van der Waals surface area contributed by atoms with E-state index in [9.17, 15) is 0 Å². The zero-order valence-electron chi connectivity index (χ0n) is 13.5. The highest BCUT2D eigenvalue weighted by Crippen LogP contribution is 2.28. The Bertz CT molecular complexity index is 784. The van der Waals surface area contributed by atoms with Gasteiger partial charge < -0.3 is 5.32 Å². The molecule has 0 spiro atoms. The number of aliphatic imine (C=N–C) groups is 1. The number of nitrogens with one attached hydrogen (secondary N) is 1. The Morgan fingerprint density at radius 2 is 1.92 bits per heavy atom. The first-order valence-corrected chi connectivity index (χ1v) is 9.43. The molecule has 3 nitrogen and oxygen atoms in total. The van der Waals surface area contributed by atoms with Gasteiger partial charge in [0.15, 0.2) is 10.3 Å². The number of para-hydroxylation sites is 1. The summed E-state index contributed by atoms with van der Waals surface area (Å²) in [7, 11) is 0. The number of aryl methyl sites for hydroxylation is 2. The number of hydrogen-bond acceptors (Lipinski definition) is 3. The molecule has 0 amide bonds. The zero-order valence-corrected chi connectivity index (χ0v) is 15.9. The minimum absolute atomic E-state index is 0.646. The van der Waals surface area contributed by atoms with Gasteiger partial charge in [0.2, 0.25) is 0 Å². The maximum absolute atomic E-state index is 6.03. The fraction of sp³-hybridized carbons (Fsp3) is 0.222. The molecule has 1 heterocycles. The number of amidine groups is 1. The second-order valence-corrected chi connectivity index (χ2v) is 7.46. The van der Waals surface area contributed by atoms with Crippen LogP contribution in [-0.2, 0) is 0 Å². The van der Waals surface area contributed by atoms with Gasteiger partial charge in [-0.3, -0.25) is 4.90 Å². The van der Waals surface area contributed by atoms with Gasteiger partial charge in [0.05, 0.1) is 5.69 Å². The molecule has 1 aliphatic rings. The van der Waals surface area contributed by atoms with Gasteiger partial charge in [-0.25, -0.2) is 4.99 Å². The van der Waals surface area contributed by atoms with Crippen molar-refractivity contribution in [2.24, 2.45) is 4.99 Å². The first-order valence-electron chi connectivity index (χ1n) is 7.66. The number of nitrogens with zero attached hydrogens (tertiary/aromatic N) is 2. The van der Waals surface area contributed by atoms with Crippen molar-refractivity contribution in [3.05, 3.63) is 58.6 Å². The van der Waals surface area contributed by atoms with E-state index in [1.807, 2.05) is 29.2 Å². The molecule has 2 aromatic rings. The molecule has 0 radical (unpaired) electrons. The van der Waals surface area contributed by atoms with E-state index >= 15 is 0 Å². The maximum atomic E-state index is 6.03. The summed E-state index contributed by atoms with van der Waals surface area (Å²) in [4.78, 5) is 6.92. The minimum Gasteiger partial charge on any atom is -0.332 e. The van der Waals surface area contributed by atoms with Gasteiger partial charge in [0.1, 0.15) is 0 Å². The molecule has 124 valence electrons. The van der Waals surface area contributed by atoms with Crippen LogP contribution in [0.3, 0.4) is 0 Å². The molecule has 0 bridgehead atoms. The Hall–Kier alpha value is -1.56. The predicted molar refractivity (Wildman–Crippen MR) is 110 cm³/mol. The van der Waals surface area contributed by atoms with Gasteiger partial charge in [-0.2, -0.15) is 0 Å². The van der Waals surface area contributed by atoms with Gasteiger partial charge in [0.25, 0.3) is 0 Å². The van der Waals surface area contributed by atoms with Crippen LogP contribution in [0, 0.1) is 13.8 Å². The fourth-order valence-electron chi connectivity index (χ4n) is 2.52. The number of benzene rings is 2. The van der Waals surface area contributed by atoms with Crippen molar-refractivity contribution in [3.8, 4) is 0 Å². The summed E-state index contributed by atoms with van der Waals surface area (Å²) in [6.07, 6.45) is 0. The van der Waals surface area contributed by atoms with E-state index < -0.39 is 0 Å². The van der Waals surface area contributed by atoms with E-state index in [0.29, 0.717) is 10.1 Å². The summed E-state index contributed by atoms with van der Waals surface area (Å²) >= 11 is 13.3. The summed E-state index contributed by atoms with van der Waals surface area (Å²) in [6.45, 7) is 5.01. The number of halogens is 1. The van der Waals surface area contributed by atoms with E-state index in [1.54, 1.807) is 11.8 Å². The number of thioether (sulfide) groups is 1. The predicted octanol–water partition coefficient (Wildman–Crippen LogP) is 5.39. The second kappa shape index (κ2) is 7.55. The number of hydrogen-bond donors (Lipinski definition) is 1. The summed E-state index contributed by atoms with van der Waals surface area (Å²) in [5, 5.41) is 5.51. The van der Waals surface area contributed by atoms with Crippen LogP contribution in [0.5, 0.6) is 0 Å². The molecule has 0 saturated carbocycles. The molecule has 1 N–H and O–H groups in total. The van der Waals surface area contributed by atoms with Gasteiger partial charge >= 0.3 is 0 Å². The maximum Gasteiger partial charge on any atom is 0.179 e. The first kappa shape index (κ1) is 17.3. The van der Waals surface area contributed by atoms with Crippen LogP contribution >= 0.6 is 35.6 Å². The highest BCUT2D eigenvalue weighted by molar-refractivity contribution is 8.14. The average molecular weight is 376 g/mol. The number of anilines is 1. The van der Waals surface area contributed by atoms with E-state index in [0.717, 1.165) is 28.8 Å². The average Bonchev–Trinajstić information content (AvgIpc) is 2.99. The molecule has 0 atom stereocenters. The summed E-state index contributed by atoms with van der Waals surface area (Å²) < 4.78 is 0. The van der Waals surface area contributed by atoms with Crippen molar-refractivity contribution in [2.45, 2.75) is 13.8 Å². The number of thiocarbonyl (C=S) groups is 1. The molecule has 1 fully saturated rings. The molecule has 2 aromatic carbocycles. The molecule has 0 aliphatic carbocycles. The summed E-state index contributed by atoms with van der Waals surface area (Å²) in [5.74, 6) is 0.973. The van der Waals surface area contributed by atoms with Crippen LogP contribution < -0.4 is 5.32 Å². The lowest BCUT2D eigenvalue weighted by Crippen LogP contribution is -2.35. The molecule has 1 aliphatic heterocycles. The normalized spacial score (nSPS) is 15.8. The molecule has 3 rings (SSSR count). The summed E-state index contributed by atoms with van der Waals surface area (Å²) in [5.41, 5.74) is 4.25. The molecule has 0 aromatic heterocycles. The Kier molecular flexibility index (Phi) is 5.43. The smallest absolute Gasteiger partial charge is 0.179 e. The lowest BCUT2D eigenvalue weighted by Gasteiger charge is -2.20. The monoisotopic (exact) mass is 375 g/mol. The molecule has 24 heavy (non-hydrogen) atoms. The second-order valence-electron chi connectivity index (χ2n) is 5.58. The first-order chi connectivity index (χ1) is 11.5. The van der Waals surface area contributed by atoms with E-state index in [2.05, 4.69) is 37.4 Å². The third-order valence-electron chi connectivity index (χ3n) is 3.74. The van der Waals surface area contributed by atoms with Crippen molar-refractivity contribution in [1.82, 2.24) is 4.90 Å². The van der Waals surface area contributed by atoms with Gasteiger partial charge in [-0.15, -0.1) is 0 Å². The van der Waals surface area contributed by atoms with Crippen LogP contribution in [0.25, 0.3) is 0 Å². The van der Waals surface area contributed by atoms with Crippen LogP contribution in [0.15, 0.2) is 47.5 Å². The summed E-state index contributed by atoms with van der Waals surface area (Å²) in [6, 6.07) is 13.8. The quantitative estimate of drug-likeness (QED) is 0.712. The van der Waals surface area contributed by atoms with Gasteiger partial charge in [-0.1, -0.05) is 47.6 Å². The Balaban J connectivity index is 1.82. The van der Waals surface area contributed by atoms with Crippen molar-refractivity contribution in [1.29, 1.82) is 0 Å². The van der Waals surface area contributed by atoms with Crippen molar-refractivity contribution < 1.29 is 0 Å². The molecular formula is C18H18ClN3S2. The lowest BCUT2D eigenvalue weighted by molar-refractivity contribution is 0.687. The highest BCUT2D eigenvalue weighted by atomic mass is 35.5. The highest BCUT2D eigenvalue weighted by Gasteiger charge is 2.24. The fourth-order valence-corrected chi connectivity index (χ4v) is 4.01. The zero-order chi connectivity index (χ0) is 17.1. The molecule has 6 heteroatoms. The van der Waals surface area contributed by atoms with E-state index in [1.165, 1.54) is 11.1 Å². The van der Waals surface area contributed by atoms with Crippen molar-refractivity contribution >= 4 is 57.2 Å². The standard InChI is InChI=1S/C18H18ClN3S2/c1-12-5-3-6-13(2)16(12)21-18-22(9-10-24-18)17(23)20-15-8-4-7-14(19)11-15/h3-8,11H,9-10H2,1-2H3,(H,20,23)/b21-18+. The largest absolute Gasteiger partial charge is 0.332 e. The SMILES string of the molecule is Cc1cccc(C)c1/N=C1/SCCN1C(=S)Nc1cccc(Cl)c1. The van der Waals surface area contributed by atoms with Crippen LogP contribution in [0.2, 0.25) is 5.02 Å². The van der Waals surface area contributed by atoms with E-state index in [4.69, 9.17) is 28.8 Å². The third-order valence-corrected chi connectivity index (χ3v) is 5.26. The Morgan fingerprint density at radius 3 is 2.62 bits per heavy atom. The van der Waals surface area contributed by atoms with Gasteiger partial charge in [-0.05, 0) is 55.4 Å². The Labute approximate surface area is 157 Å². The van der Waals surface area contributed by atoms with E-state index in [-0.39, 0.29) is 0 Å². The van der Waals surface area contributed by atoms with Gasteiger partial charge in [0, 0.05) is 23.0 Å². The topological polar surface area (TPSA) is 27.6 Å². The van der Waals surface area contributed by atoms with Crippen LogP contribution in [-0.4, -0.2) is 27.5 Å². The lowest BCUT2D eigenvalue weighted by atomic mass is 10.1. The number of rotatable bonds is 2. The van der Waals surface area contributed by atoms with Crippen LogP contribution in [0.1, 0.15) is 11.1 Å². The van der Waals surface area contributed by atoms with Crippen LogP contribution in [0.4, 0.5) is 11.4 Å². The van der Waals surface area contributed by atoms with Crippen molar-refractivity contribution in [2.75, 3.05) is 17.6 Å². The third kappa shape index (κ3) is 3.91. The Morgan fingerprint density at radius 1 is 1.21 bits per heavy atom. The minimum atomic E-state index is 0.646.